The third kappa shape index (κ3) is 5.40. The zero-order valence-corrected chi connectivity index (χ0v) is 19.6. The van der Waals surface area contributed by atoms with Crippen molar-refractivity contribution in [1.29, 1.82) is 0 Å². The van der Waals surface area contributed by atoms with E-state index in [9.17, 15) is 4.79 Å². The molecule has 1 heterocycles. The number of ether oxygens (including phenoxy) is 2. The van der Waals surface area contributed by atoms with Gasteiger partial charge in [-0.15, -0.1) is 0 Å². The summed E-state index contributed by atoms with van der Waals surface area (Å²) < 4.78 is 11.0. The van der Waals surface area contributed by atoms with E-state index in [1.165, 1.54) is 0 Å². The van der Waals surface area contributed by atoms with E-state index in [0.29, 0.717) is 33.7 Å². The van der Waals surface area contributed by atoms with E-state index in [-0.39, 0.29) is 11.9 Å². The van der Waals surface area contributed by atoms with Crippen LogP contribution in [0, 0.1) is 0 Å². The molecule has 1 atom stereocenters. The SMILES string of the molecule is CCCNC(=S)N1CCc2cc(OC)c(OC)cc2C1CNC(=O)c1cccc(Cl)c1. The average molecular weight is 462 g/mol. The van der Waals surface area contributed by atoms with Gasteiger partial charge in [0, 0.05) is 30.2 Å². The highest BCUT2D eigenvalue weighted by atomic mass is 35.5. The van der Waals surface area contributed by atoms with Crippen LogP contribution in [0.1, 0.15) is 40.9 Å². The average Bonchev–Trinajstić information content (AvgIpc) is 2.79. The molecule has 6 nitrogen and oxygen atoms in total. The Morgan fingerprint density at radius 3 is 2.61 bits per heavy atom. The summed E-state index contributed by atoms with van der Waals surface area (Å²) in [6.07, 6.45) is 1.80. The van der Waals surface area contributed by atoms with Crippen molar-refractivity contribution in [3.05, 3.63) is 58.1 Å². The summed E-state index contributed by atoms with van der Waals surface area (Å²) in [4.78, 5) is 14.9. The number of nitrogens with one attached hydrogen (secondary N) is 2. The highest BCUT2D eigenvalue weighted by Gasteiger charge is 2.31. The Bertz CT molecular complexity index is 954. The Morgan fingerprint density at radius 1 is 1.19 bits per heavy atom. The fourth-order valence-electron chi connectivity index (χ4n) is 3.75. The molecule has 0 spiro atoms. The number of amides is 1. The molecule has 2 aromatic rings. The van der Waals surface area contributed by atoms with Crippen LogP contribution in [0.25, 0.3) is 0 Å². The normalized spacial score (nSPS) is 15.1. The molecule has 2 aromatic carbocycles. The first-order valence-electron chi connectivity index (χ1n) is 10.3. The molecule has 0 radical (unpaired) electrons. The predicted molar refractivity (Wildman–Crippen MR) is 127 cm³/mol. The number of nitrogens with zero attached hydrogens (tertiary/aromatic N) is 1. The fourth-order valence-corrected chi connectivity index (χ4v) is 4.26. The van der Waals surface area contributed by atoms with Gasteiger partial charge in [0.25, 0.3) is 5.91 Å². The van der Waals surface area contributed by atoms with E-state index >= 15 is 0 Å². The van der Waals surface area contributed by atoms with Crippen molar-refractivity contribution in [3.8, 4) is 11.5 Å². The number of rotatable bonds is 7. The molecule has 31 heavy (non-hydrogen) atoms. The number of carbonyl (C=O) groups excluding carboxylic acids is 1. The molecule has 0 aromatic heterocycles. The van der Waals surface area contributed by atoms with Gasteiger partial charge < -0.3 is 25.0 Å². The Balaban J connectivity index is 1.89. The van der Waals surface area contributed by atoms with Gasteiger partial charge in [-0.1, -0.05) is 24.6 Å². The number of carbonyl (C=O) groups is 1. The van der Waals surface area contributed by atoms with Gasteiger partial charge >= 0.3 is 0 Å². The second-order valence-electron chi connectivity index (χ2n) is 7.32. The lowest BCUT2D eigenvalue weighted by atomic mass is 9.92. The second-order valence-corrected chi connectivity index (χ2v) is 8.14. The number of benzene rings is 2. The molecular weight excluding hydrogens is 434 g/mol. The van der Waals surface area contributed by atoms with E-state index < -0.39 is 0 Å². The van der Waals surface area contributed by atoms with Crippen LogP contribution in [0.15, 0.2) is 36.4 Å². The smallest absolute Gasteiger partial charge is 0.251 e. The van der Waals surface area contributed by atoms with E-state index in [0.717, 1.165) is 37.1 Å². The monoisotopic (exact) mass is 461 g/mol. The maximum Gasteiger partial charge on any atom is 0.251 e. The zero-order valence-electron chi connectivity index (χ0n) is 18.0. The lowest BCUT2D eigenvalue weighted by Gasteiger charge is -2.39. The Hall–Kier alpha value is -2.51. The van der Waals surface area contributed by atoms with Crippen LogP contribution in [0.2, 0.25) is 5.02 Å². The van der Waals surface area contributed by atoms with Gasteiger partial charge in [0.1, 0.15) is 0 Å². The predicted octanol–water partition coefficient (Wildman–Crippen LogP) is 3.97. The van der Waals surface area contributed by atoms with Gasteiger partial charge in [0.15, 0.2) is 16.6 Å². The first-order valence-corrected chi connectivity index (χ1v) is 11.1. The lowest BCUT2D eigenvalue weighted by molar-refractivity contribution is 0.0942. The molecule has 8 heteroatoms. The molecular formula is C23H28ClN3O3S. The molecule has 1 unspecified atom stereocenters. The van der Waals surface area contributed by atoms with Gasteiger partial charge in [0.05, 0.1) is 20.3 Å². The first-order chi connectivity index (χ1) is 15.0. The van der Waals surface area contributed by atoms with Crippen LogP contribution >= 0.6 is 23.8 Å². The molecule has 1 aliphatic rings. The number of fused-ring (bicyclic) bond motifs is 1. The van der Waals surface area contributed by atoms with Crippen molar-refractivity contribution < 1.29 is 14.3 Å². The molecule has 166 valence electrons. The number of methoxy groups -OCH3 is 2. The van der Waals surface area contributed by atoms with E-state index in [2.05, 4.69) is 22.5 Å². The third-order valence-corrected chi connectivity index (χ3v) is 5.95. The second kappa shape index (κ2) is 10.7. The number of hydrogen-bond acceptors (Lipinski definition) is 4. The van der Waals surface area contributed by atoms with Crippen molar-refractivity contribution in [2.24, 2.45) is 0 Å². The van der Waals surface area contributed by atoms with Crippen LogP contribution in [0.3, 0.4) is 0 Å². The highest BCUT2D eigenvalue weighted by molar-refractivity contribution is 7.80. The molecule has 1 amide bonds. The molecule has 0 bridgehead atoms. The molecule has 3 rings (SSSR count). The van der Waals surface area contributed by atoms with Crippen LogP contribution in [0.5, 0.6) is 11.5 Å². The molecule has 0 saturated carbocycles. The van der Waals surface area contributed by atoms with Gasteiger partial charge in [-0.05, 0) is 66.5 Å². The molecule has 0 aliphatic carbocycles. The topological polar surface area (TPSA) is 62.8 Å². The van der Waals surface area contributed by atoms with Crippen molar-refractivity contribution in [2.45, 2.75) is 25.8 Å². The standard InChI is InChI=1S/C23H28ClN3O3S/c1-4-9-25-23(31)27-10-8-15-12-20(29-2)21(30-3)13-18(15)19(27)14-26-22(28)16-6-5-7-17(24)11-16/h5-7,11-13,19H,4,8-10,14H2,1-3H3,(H,25,31)(H,26,28). The van der Waals surface area contributed by atoms with Crippen molar-refractivity contribution >= 4 is 34.8 Å². The summed E-state index contributed by atoms with van der Waals surface area (Å²) in [6, 6.07) is 10.8. The summed E-state index contributed by atoms with van der Waals surface area (Å²) >= 11 is 11.7. The summed E-state index contributed by atoms with van der Waals surface area (Å²) in [5, 5.41) is 7.57. The third-order valence-electron chi connectivity index (χ3n) is 5.33. The fraction of sp³-hybridized carbons (Fsp3) is 0.391. The zero-order chi connectivity index (χ0) is 22.4. The minimum absolute atomic E-state index is 0.136. The Kier molecular flexibility index (Phi) is 7.98. The van der Waals surface area contributed by atoms with E-state index in [1.54, 1.807) is 38.5 Å². The lowest BCUT2D eigenvalue weighted by Crippen LogP contribution is -2.49. The largest absolute Gasteiger partial charge is 0.493 e. The van der Waals surface area contributed by atoms with Crippen LogP contribution in [0.4, 0.5) is 0 Å². The van der Waals surface area contributed by atoms with Crippen LogP contribution in [-0.4, -0.2) is 49.8 Å². The Morgan fingerprint density at radius 2 is 1.94 bits per heavy atom. The molecule has 2 N–H and O–H groups in total. The summed E-state index contributed by atoms with van der Waals surface area (Å²) in [6.45, 7) is 4.04. The summed E-state index contributed by atoms with van der Waals surface area (Å²) in [5.41, 5.74) is 2.75. The highest BCUT2D eigenvalue weighted by Crippen LogP contribution is 2.38. The summed E-state index contributed by atoms with van der Waals surface area (Å²) in [7, 11) is 3.25. The number of halogens is 1. The van der Waals surface area contributed by atoms with Crippen molar-refractivity contribution in [1.82, 2.24) is 15.5 Å². The Labute approximate surface area is 193 Å². The van der Waals surface area contributed by atoms with Gasteiger partial charge in [-0.3, -0.25) is 4.79 Å². The minimum Gasteiger partial charge on any atom is -0.493 e. The van der Waals surface area contributed by atoms with Crippen LogP contribution in [-0.2, 0) is 6.42 Å². The maximum atomic E-state index is 12.7. The minimum atomic E-state index is -0.178. The van der Waals surface area contributed by atoms with Crippen molar-refractivity contribution in [2.75, 3.05) is 33.9 Å². The molecule has 0 saturated heterocycles. The van der Waals surface area contributed by atoms with Gasteiger partial charge in [-0.2, -0.15) is 0 Å². The molecule has 1 aliphatic heterocycles. The quantitative estimate of drug-likeness (QED) is 0.608. The first kappa shape index (κ1) is 23.2. The van der Waals surface area contributed by atoms with Crippen molar-refractivity contribution in [3.63, 3.8) is 0 Å². The van der Waals surface area contributed by atoms with Gasteiger partial charge in [-0.25, -0.2) is 0 Å². The number of thiocarbonyl (C=S) groups is 1. The van der Waals surface area contributed by atoms with E-state index in [4.69, 9.17) is 33.3 Å². The molecule has 0 fully saturated rings. The van der Waals surface area contributed by atoms with Gasteiger partial charge in [0.2, 0.25) is 0 Å². The summed E-state index contributed by atoms with van der Waals surface area (Å²) in [5.74, 6) is 1.17. The maximum absolute atomic E-state index is 12.7. The van der Waals surface area contributed by atoms with Crippen LogP contribution < -0.4 is 20.1 Å². The number of hydrogen-bond donors (Lipinski definition) is 2. The van der Waals surface area contributed by atoms with E-state index in [1.807, 2.05) is 12.1 Å².